The van der Waals surface area contributed by atoms with Gasteiger partial charge in [-0.2, -0.15) is 0 Å². The van der Waals surface area contributed by atoms with E-state index >= 15 is 0 Å². The first-order valence-electron chi connectivity index (χ1n) is 6.92. The molecule has 1 aliphatic carbocycles. The number of carbonyl (C=O) groups is 2. The second-order valence-electron chi connectivity index (χ2n) is 6.97. The Bertz CT molecular complexity index is 391. The molecule has 3 nitrogen and oxygen atoms in total. The van der Waals surface area contributed by atoms with E-state index in [2.05, 4.69) is 33.9 Å². The summed E-state index contributed by atoms with van der Waals surface area (Å²) in [6.45, 7) is 12.8. The lowest BCUT2D eigenvalue weighted by Gasteiger charge is -2.42. The van der Waals surface area contributed by atoms with Crippen LogP contribution in [0.5, 0.6) is 0 Å². The first kappa shape index (κ1) is 16.3. The lowest BCUT2D eigenvalue weighted by molar-refractivity contribution is -0.115. The molecular weight excluding hydrogens is 256 g/mol. The molecule has 0 unspecified atom stereocenters. The van der Waals surface area contributed by atoms with E-state index in [1.807, 2.05) is 6.92 Å². The molecule has 0 aromatic heterocycles. The van der Waals surface area contributed by atoms with Crippen molar-refractivity contribution >= 4 is 20.9 Å². The summed E-state index contributed by atoms with van der Waals surface area (Å²) in [5, 5.41) is 0.109. The van der Waals surface area contributed by atoms with Gasteiger partial charge in [0.25, 0.3) is 0 Å². The van der Waals surface area contributed by atoms with Gasteiger partial charge in [0.15, 0.2) is 8.32 Å². The largest absolute Gasteiger partial charge is 0.413 e. The van der Waals surface area contributed by atoms with E-state index < -0.39 is 8.32 Å². The highest BCUT2D eigenvalue weighted by atomic mass is 28.4. The third-order valence-corrected chi connectivity index (χ3v) is 9.09. The average molecular weight is 282 g/mol. The van der Waals surface area contributed by atoms with Crippen LogP contribution in [0.3, 0.4) is 0 Å². The highest BCUT2D eigenvalue weighted by molar-refractivity contribution is 6.74. The summed E-state index contributed by atoms with van der Waals surface area (Å²) < 4.78 is 6.34. The van der Waals surface area contributed by atoms with Crippen LogP contribution in [0.4, 0.5) is 0 Å². The SMILES string of the molecule is CC1=C(C=O)[C@H](C=O)[C@@H](O[Si](C)(C)C(C)(C)C)CC1. The maximum Gasteiger partial charge on any atom is 0.192 e. The van der Waals surface area contributed by atoms with Crippen molar-refractivity contribution in [2.75, 3.05) is 0 Å². The molecule has 1 rings (SSSR count). The van der Waals surface area contributed by atoms with Gasteiger partial charge in [0.1, 0.15) is 12.6 Å². The number of hydrogen-bond donors (Lipinski definition) is 0. The second-order valence-corrected chi connectivity index (χ2v) is 11.7. The Hall–Kier alpha value is -0.743. The molecule has 0 saturated carbocycles. The standard InChI is InChI=1S/C15H26O3Si/c1-11-7-8-14(13(10-17)12(11)9-16)18-19(5,6)15(2,3)4/h9-10,13-14H,7-8H2,1-6H3/t13-,14-/m0/s1. The highest BCUT2D eigenvalue weighted by Gasteiger charge is 2.42. The Morgan fingerprint density at radius 2 is 1.84 bits per heavy atom. The zero-order valence-electron chi connectivity index (χ0n) is 12.9. The maximum absolute atomic E-state index is 11.4. The molecule has 0 amide bonds. The minimum atomic E-state index is -1.91. The number of allylic oxidation sites excluding steroid dienone is 1. The molecule has 2 atom stereocenters. The molecule has 0 heterocycles. The summed E-state index contributed by atoms with van der Waals surface area (Å²) in [5.41, 5.74) is 1.66. The van der Waals surface area contributed by atoms with E-state index in [9.17, 15) is 9.59 Å². The Morgan fingerprint density at radius 1 is 1.26 bits per heavy atom. The molecule has 1 aliphatic rings. The van der Waals surface area contributed by atoms with Crippen LogP contribution in [0.2, 0.25) is 18.1 Å². The first-order chi connectivity index (χ1) is 8.64. The number of hydrogen-bond acceptors (Lipinski definition) is 3. The number of rotatable bonds is 4. The second kappa shape index (κ2) is 5.71. The van der Waals surface area contributed by atoms with Gasteiger partial charge >= 0.3 is 0 Å². The van der Waals surface area contributed by atoms with Gasteiger partial charge in [-0.15, -0.1) is 0 Å². The van der Waals surface area contributed by atoms with Crippen molar-refractivity contribution in [3.05, 3.63) is 11.1 Å². The molecule has 0 aromatic carbocycles. The molecule has 19 heavy (non-hydrogen) atoms. The van der Waals surface area contributed by atoms with Crippen LogP contribution >= 0.6 is 0 Å². The Kier molecular flexibility index (Phi) is 4.90. The maximum atomic E-state index is 11.4. The third kappa shape index (κ3) is 3.42. The van der Waals surface area contributed by atoms with Crippen molar-refractivity contribution in [1.29, 1.82) is 0 Å². The van der Waals surface area contributed by atoms with Crippen molar-refractivity contribution in [2.24, 2.45) is 5.92 Å². The highest BCUT2D eigenvalue weighted by Crippen LogP contribution is 2.40. The van der Waals surface area contributed by atoms with E-state index in [4.69, 9.17) is 4.43 Å². The van der Waals surface area contributed by atoms with E-state index in [-0.39, 0.29) is 17.1 Å². The normalized spacial score (nSPS) is 25.4. The first-order valence-corrected chi connectivity index (χ1v) is 9.83. The Labute approximate surface area is 117 Å². The molecule has 108 valence electrons. The summed E-state index contributed by atoms with van der Waals surface area (Å²) >= 11 is 0. The quantitative estimate of drug-likeness (QED) is 0.585. The van der Waals surface area contributed by atoms with Crippen molar-refractivity contribution in [3.63, 3.8) is 0 Å². The lowest BCUT2D eigenvalue weighted by Crippen LogP contribution is -2.47. The predicted molar refractivity (Wildman–Crippen MR) is 79.6 cm³/mol. The molecule has 0 saturated heterocycles. The lowest BCUT2D eigenvalue weighted by atomic mass is 9.82. The average Bonchev–Trinajstić information content (AvgIpc) is 2.29. The zero-order chi connectivity index (χ0) is 14.8. The summed E-state index contributed by atoms with van der Waals surface area (Å²) in [6.07, 6.45) is 3.25. The summed E-state index contributed by atoms with van der Waals surface area (Å²) in [7, 11) is -1.91. The van der Waals surface area contributed by atoms with Gasteiger partial charge in [-0.05, 0) is 37.9 Å². The van der Waals surface area contributed by atoms with E-state index in [1.165, 1.54) is 0 Å². The van der Waals surface area contributed by atoms with Crippen LogP contribution in [0, 0.1) is 5.92 Å². The zero-order valence-corrected chi connectivity index (χ0v) is 13.9. The monoisotopic (exact) mass is 282 g/mol. The summed E-state index contributed by atoms with van der Waals surface area (Å²) in [6, 6.07) is 0. The summed E-state index contributed by atoms with van der Waals surface area (Å²) in [4.78, 5) is 22.5. The van der Waals surface area contributed by atoms with Crippen LogP contribution in [0.1, 0.15) is 40.5 Å². The fourth-order valence-corrected chi connectivity index (χ4v) is 3.57. The van der Waals surface area contributed by atoms with Crippen LogP contribution < -0.4 is 0 Å². The molecule has 0 N–H and O–H groups in total. The smallest absolute Gasteiger partial charge is 0.192 e. The van der Waals surface area contributed by atoms with E-state index in [0.717, 1.165) is 31.0 Å². The Balaban J connectivity index is 2.97. The van der Waals surface area contributed by atoms with Gasteiger partial charge in [0.2, 0.25) is 0 Å². The molecule has 4 heteroatoms. The van der Waals surface area contributed by atoms with Crippen LogP contribution in [-0.2, 0) is 14.0 Å². The van der Waals surface area contributed by atoms with Crippen LogP contribution in [-0.4, -0.2) is 27.0 Å². The van der Waals surface area contributed by atoms with Crippen molar-refractivity contribution in [3.8, 4) is 0 Å². The topological polar surface area (TPSA) is 43.4 Å². The molecule has 0 bridgehead atoms. The minimum Gasteiger partial charge on any atom is -0.413 e. The third-order valence-electron chi connectivity index (χ3n) is 4.58. The van der Waals surface area contributed by atoms with Crippen LogP contribution in [0.25, 0.3) is 0 Å². The molecular formula is C15H26O3Si. The molecule has 0 radical (unpaired) electrons. The van der Waals surface area contributed by atoms with Gasteiger partial charge in [0, 0.05) is 5.57 Å². The van der Waals surface area contributed by atoms with Crippen LogP contribution in [0.15, 0.2) is 11.1 Å². The van der Waals surface area contributed by atoms with Gasteiger partial charge in [-0.25, -0.2) is 0 Å². The van der Waals surface area contributed by atoms with E-state index in [0.29, 0.717) is 5.57 Å². The Morgan fingerprint density at radius 3 is 2.26 bits per heavy atom. The fraction of sp³-hybridized carbons (Fsp3) is 0.733. The number of aldehydes is 2. The molecule has 0 aliphatic heterocycles. The molecule has 0 spiro atoms. The predicted octanol–water partition coefficient (Wildman–Crippen LogP) is 3.50. The molecule has 0 fully saturated rings. The minimum absolute atomic E-state index is 0.109. The van der Waals surface area contributed by atoms with E-state index in [1.54, 1.807) is 0 Å². The summed E-state index contributed by atoms with van der Waals surface area (Å²) in [5.74, 6) is -0.389. The van der Waals surface area contributed by atoms with Gasteiger partial charge in [-0.1, -0.05) is 26.3 Å². The van der Waals surface area contributed by atoms with Crippen molar-refractivity contribution in [2.45, 2.75) is 64.8 Å². The van der Waals surface area contributed by atoms with Gasteiger partial charge in [-0.3, -0.25) is 4.79 Å². The van der Waals surface area contributed by atoms with Crippen molar-refractivity contribution in [1.82, 2.24) is 0 Å². The van der Waals surface area contributed by atoms with Crippen molar-refractivity contribution < 1.29 is 14.0 Å². The number of carbonyl (C=O) groups excluding carboxylic acids is 2. The van der Waals surface area contributed by atoms with Gasteiger partial charge in [0.05, 0.1) is 12.0 Å². The molecule has 0 aromatic rings. The fourth-order valence-electron chi connectivity index (χ4n) is 2.19. The van der Waals surface area contributed by atoms with Gasteiger partial charge < -0.3 is 9.22 Å².